The van der Waals surface area contributed by atoms with E-state index in [0.29, 0.717) is 34.6 Å². The van der Waals surface area contributed by atoms with Gasteiger partial charge in [0.2, 0.25) is 5.76 Å². The lowest BCUT2D eigenvalue weighted by Crippen LogP contribution is -2.29. The molecule has 34 heavy (non-hydrogen) atoms. The zero-order valence-corrected chi connectivity index (χ0v) is 20.6. The fourth-order valence-corrected chi connectivity index (χ4v) is 4.79. The molecule has 6 heteroatoms. The molecule has 0 radical (unpaired) electrons. The Morgan fingerprint density at radius 2 is 1.85 bits per heavy atom. The van der Waals surface area contributed by atoms with Crippen molar-refractivity contribution in [2.75, 3.05) is 11.5 Å². The van der Waals surface area contributed by atoms with Crippen LogP contribution in [0.25, 0.3) is 11.0 Å². The minimum absolute atomic E-state index is 0.0867. The fraction of sp³-hybridized carbons (Fsp3) is 0.214. The van der Waals surface area contributed by atoms with E-state index >= 15 is 0 Å². The van der Waals surface area contributed by atoms with Gasteiger partial charge >= 0.3 is 0 Å². The molecule has 1 unspecified atom stereocenters. The van der Waals surface area contributed by atoms with Crippen molar-refractivity contribution in [3.63, 3.8) is 0 Å². The Labute approximate surface area is 206 Å². The molecule has 0 saturated carbocycles. The van der Waals surface area contributed by atoms with Gasteiger partial charge in [-0.05, 0) is 61.4 Å². The third-order valence-corrected chi connectivity index (χ3v) is 6.55. The lowest BCUT2D eigenvalue weighted by Gasteiger charge is -2.25. The van der Waals surface area contributed by atoms with Crippen molar-refractivity contribution in [2.45, 2.75) is 32.7 Å². The molecule has 0 bridgehead atoms. The molecule has 172 valence electrons. The summed E-state index contributed by atoms with van der Waals surface area (Å²) in [5, 5.41) is 0.475. The second-order valence-electron chi connectivity index (χ2n) is 8.51. The first-order valence-corrected chi connectivity index (χ1v) is 12.2. The fourth-order valence-electron chi connectivity index (χ4n) is 4.40. The highest BCUT2D eigenvalue weighted by Crippen LogP contribution is 2.42. The Morgan fingerprint density at radius 1 is 1.03 bits per heavy atom. The minimum atomic E-state index is -0.632. The van der Waals surface area contributed by atoms with Crippen LogP contribution >= 0.6 is 15.9 Å². The number of amides is 1. The average Bonchev–Trinajstić information content (AvgIpc) is 3.12. The lowest BCUT2D eigenvalue weighted by molar-refractivity contribution is 0.0971. The molecule has 5 nitrogen and oxygen atoms in total. The predicted octanol–water partition coefficient (Wildman–Crippen LogP) is 6.79. The van der Waals surface area contributed by atoms with Crippen LogP contribution in [-0.4, -0.2) is 12.5 Å². The SMILES string of the molecule is CCCCOc1cccc(C2c3c(oc4ccc(C)cc4c3=O)C(=O)N2c2cccc(Br)c2)c1. The maximum Gasteiger partial charge on any atom is 0.295 e. The number of carbonyl (C=O) groups is 1. The molecular weight excluding hydrogens is 494 g/mol. The maximum atomic E-state index is 13.8. The van der Waals surface area contributed by atoms with Crippen LogP contribution in [0.5, 0.6) is 5.75 Å². The molecule has 0 spiro atoms. The summed E-state index contributed by atoms with van der Waals surface area (Å²) in [6.45, 7) is 4.66. The van der Waals surface area contributed by atoms with Gasteiger partial charge in [-0.2, -0.15) is 0 Å². The number of benzene rings is 3. The Kier molecular flexibility index (Phi) is 6.00. The zero-order valence-electron chi connectivity index (χ0n) is 19.0. The summed E-state index contributed by atoms with van der Waals surface area (Å²) in [7, 11) is 0. The molecule has 0 fully saturated rings. The Balaban J connectivity index is 1.72. The molecule has 4 aromatic rings. The number of fused-ring (bicyclic) bond motifs is 2. The van der Waals surface area contributed by atoms with Gasteiger partial charge in [0.15, 0.2) is 5.43 Å². The highest BCUT2D eigenvalue weighted by molar-refractivity contribution is 9.10. The van der Waals surface area contributed by atoms with Crippen molar-refractivity contribution in [1.29, 1.82) is 0 Å². The van der Waals surface area contributed by atoms with E-state index in [-0.39, 0.29) is 17.1 Å². The van der Waals surface area contributed by atoms with Crippen molar-refractivity contribution in [3.05, 3.63) is 104 Å². The molecular formula is C28H24BrNO4. The molecule has 1 aromatic heterocycles. The van der Waals surface area contributed by atoms with Crippen molar-refractivity contribution >= 4 is 38.5 Å². The summed E-state index contributed by atoms with van der Waals surface area (Å²) in [5.41, 5.74) is 3.00. The molecule has 1 aliphatic heterocycles. The van der Waals surface area contributed by atoms with E-state index in [1.165, 1.54) is 0 Å². The standard InChI is InChI=1S/C28H24BrNO4/c1-3-4-13-33-21-10-5-7-18(15-21)25-24-26(31)22-14-17(2)11-12-23(22)34-27(24)28(32)30(25)20-9-6-8-19(29)16-20/h5-12,14-16,25H,3-4,13H2,1-2H3. The Bertz CT molecular complexity index is 1460. The molecule has 5 rings (SSSR count). The van der Waals surface area contributed by atoms with Gasteiger partial charge in [0.05, 0.1) is 23.6 Å². The van der Waals surface area contributed by atoms with Crippen LogP contribution in [0.2, 0.25) is 0 Å². The average molecular weight is 518 g/mol. The third-order valence-electron chi connectivity index (χ3n) is 6.05. The number of carbonyl (C=O) groups excluding carboxylic acids is 1. The van der Waals surface area contributed by atoms with E-state index in [1.54, 1.807) is 11.0 Å². The molecule has 3 aromatic carbocycles. The lowest BCUT2D eigenvalue weighted by atomic mass is 9.97. The number of aryl methyl sites for hydroxylation is 1. The number of hydrogen-bond acceptors (Lipinski definition) is 4. The van der Waals surface area contributed by atoms with E-state index in [4.69, 9.17) is 9.15 Å². The topological polar surface area (TPSA) is 59.8 Å². The van der Waals surface area contributed by atoms with Gasteiger partial charge in [-0.15, -0.1) is 0 Å². The molecule has 2 heterocycles. The van der Waals surface area contributed by atoms with Crippen molar-refractivity contribution in [2.24, 2.45) is 0 Å². The number of hydrogen-bond donors (Lipinski definition) is 0. The molecule has 1 aliphatic rings. The minimum Gasteiger partial charge on any atom is -0.494 e. The van der Waals surface area contributed by atoms with Gasteiger partial charge in [0.1, 0.15) is 11.3 Å². The molecule has 0 saturated heterocycles. The highest BCUT2D eigenvalue weighted by Gasteiger charge is 2.43. The maximum absolute atomic E-state index is 13.8. The third kappa shape index (κ3) is 3.92. The van der Waals surface area contributed by atoms with Crippen LogP contribution in [0.1, 0.15) is 53.1 Å². The smallest absolute Gasteiger partial charge is 0.295 e. The van der Waals surface area contributed by atoms with Gasteiger partial charge in [-0.1, -0.05) is 59.1 Å². The summed E-state index contributed by atoms with van der Waals surface area (Å²) in [4.78, 5) is 29.1. The quantitative estimate of drug-likeness (QED) is 0.264. The van der Waals surface area contributed by atoms with Gasteiger partial charge in [0, 0.05) is 10.2 Å². The zero-order chi connectivity index (χ0) is 23.8. The van der Waals surface area contributed by atoms with Gasteiger partial charge in [-0.25, -0.2) is 0 Å². The van der Waals surface area contributed by atoms with Crippen LogP contribution in [-0.2, 0) is 0 Å². The number of rotatable bonds is 6. The van der Waals surface area contributed by atoms with Gasteiger partial charge < -0.3 is 9.15 Å². The highest BCUT2D eigenvalue weighted by atomic mass is 79.9. The van der Waals surface area contributed by atoms with Gasteiger partial charge in [-0.3, -0.25) is 14.5 Å². The Hall–Kier alpha value is -3.38. The predicted molar refractivity (Wildman–Crippen MR) is 137 cm³/mol. The van der Waals surface area contributed by atoms with E-state index in [0.717, 1.165) is 28.4 Å². The summed E-state index contributed by atoms with van der Waals surface area (Å²) < 4.78 is 12.8. The summed E-state index contributed by atoms with van der Waals surface area (Å²) >= 11 is 3.50. The van der Waals surface area contributed by atoms with Crippen LogP contribution in [0.3, 0.4) is 0 Å². The first kappa shape index (κ1) is 22.4. The molecule has 0 N–H and O–H groups in total. The molecule has 1 amide bonds. The second kappa shape index (κ2) is 9.11. The summed E-state index contributed by atoms with van der Waals surface area (Å²) in [6, 6.07) is 19.9. The summed E-state index contributed by atoms with van der Waals surface area (Å²) in [5.74, 6) is 0.459. The number of anilines is 1. The monoisotopic (exact) mass is 517 g/mol. The van der Waals surface area contributed by atoms with Crippen LogP contribution in [0.15, 0.2) is 80.4 Å². The van der Waals surface area contributed by atoms with Crippen LogP contribution < -0.4 is 15.1 Å². The van der Waals surface area contributed by atoms with Gasteiger partial charge in [0.25, 0.3) is 5.91 Å². The van der Waals surface area contributed by atoms with Crippen molar-refractivity contribution < 1.29 is 13.9 Å². The first-order chi connectivity index (χ1) is 16.5. The normalized spacial score (nSPS) is 15.1. The Morgan fingerprint density at radius 3 is 2.65 bits per heavy atom. The van der Waals surface area contributed by atoms with Crippen molar-refractivity contribution in [3.8, 4) is 5.75 Å². The number of halogens is 1. The van der Waals surface area contributed by atoms with Crippen LogP contribution in [0, 0.1) is 6.92 Å². The van der Waals surface area contributed by atoms with E-state index in [1.807, 2.05) is 67.6 Å². The number of ether oxygens (including phenoxy) is 1. The second-order valence-corrected chi connectivity index (χ2v) is 9.42. The number of nitrogens with zero attached hydrogens (tertiary/aromatic N) is 1. The van der Waals surface area contributed by atoms with E-state index < -0.39 is 6.04 Å². The summed E-state index contributed by atoms with van der Waals surface area (Å²) in [6.07, 6.45) is 1.99. The van der Waals surface area contributed by atoms with Crippen molar-refractivity contribution in [1.82, 2.24) is 0 Å². The first-order valence-electron chi connectivity index (χ1n) is 11.4. The van der Waals surface area contributed by atoms with E-state index in [9.17, 15) is 9.59 Å². The van der Waals surface area contributed by atoms with Crippen LogP contribution in [0.4, 0.5) is 5.69 Å². The molecule has 1 atom stereocenters. The van der Waals surface area contributed by atoms with E-state index in [2.05, 4.69) is 22.9 Å². The largest absolute Gasteiger partial charge is 0.494 e. The molecule has 0 aliphatic carbocycles. The number of unbranched alkanes of at least 4 members (excludes halogenated alkanes) is 1.